The maximum absolute atomic E-state index is 12.8. The molecule has 1 aliphatic rings. The fourth-order valence-electron chi connectivity index (χ4n) is 1.92. The molecule has 0 spiro atoms. The van der Waals surface area contributed by atoms with E-state index in [9.17, 15) is 9.18 Å². The zero-order valence-corrected chi connectivity index (χ0v) is 9.51. The average Bonchev–Trinajstić information content (AvgIpc) is 2.33. The van der Waals surface area contributed by atoms with Crippen molar-refractivity contribution < 1.29 is 9.18 Å². The summed E-state index contributed by atoms with van der Waals surface area (Å²) in [6, 6.07) is 5.25. The summed E-state index contributed by atoms with van der Waals surface area (Å²) < 4.78 is 12.8. The van der Waals surface area contributed by atoms with Crippen LogP contribution in [0.5, 0.6) is 0 Å². The van der Waals surface area contributed by atoms with Crippen molar-refractivity contribution in [1.82, 2.24) is 9.97 Å². The monoisotopic (exact) mass is 246 g/mol. The molecule has 0 aromatic carbocycles. The van der Waals surface area contributed by atoms with Crippen LogP contribution in [-0.2, 0) is 0 Å². The number of nitrogens with two attached hydrogens (primary N) is 1. The van der Waals surface area contributed by atoms with Gasteiger partial charge in [-0.15, -0.1) is 0 Å². The predicted octanol–water partition coefficient (Wildman–Crippen LogP) is 0.887. The largest absolute Gasteiger partial charge is 0.366 e. The first-order chi connectivity index (χ1) is 8.63. The van der Waals surface area contributed by atoms with Crippen LogP contribution in [0.4, 0.5) is 10.2 Å². The molecule has 0 bridgehead atoms. The summed E-state index contributed by atoms with van der Waals surface area (Å²) >= 11 is 0. The van der Waals surface area contributed by atoms with E-state index in [1.807, 2.05) is 11.0 Å². The molecule has 0 saturated carbocycles. The summed E-state index contributed by atoms with van der Waals surface area (Å²) in [5, 5.41) is 0.743. The van der Waals surface area contributed by atoms with Crippen molar-refractivity contribution in [2.75, 3.05) is 18.0 Å². The summed E-state index contributed by atoms with van der Waals surface area (Å²) in [6.07, 6.45) is 0.628. The third kappa shape index (κ3) is 1.75. The van der Waals surface area contributed by atoms with E-state index in [1.165, 1.54) is 6.20 Å². The van der Waals surface area contributed by atoms with E-state index in [4.69, 9.17) is 5.73 Å². The maximum Gasteiger partial charge on any atom is 0.250 e. The van der Waals surface area contributed by atoms with Gasteiger partial charge in [-0.3, -0.25) is 4.79 Å². The number of fused-ring (bicyclic) bond motifs is 1. The van der Waals surface area contributed by atoms with Gasteiger partial charge in [-0.25, -0.2) is 14.4 Å². The first kappa shape index (κ1) is 10.9. The van der Waals surface area contributed by atoms with E-state index in [0.29, 0.717) is 30.1 Å². The van der Waals surface area contributed by atoms with E-state index < -0.39 is 12.1 Å². The summed E-state index contributed by atoms with van der Waals surface area (Å²) in [6.45, 7) is 0.746. The van der Waals surface area contributed by atoms with Crippen LogP contribution in [0.2, 0.25) is 0 Å². The van der Waals surface area contributed by atoms with E-state index in [1.54, 1.807) is 12.1 Å². The SMILES string of the molecule is NC(=O)c1cnc2nc(N3CC(F)C3)ccc2c1. The Labute approximate surface area is 102 Å². The summed E-state index contributed by atoms with van der Waals surface area (Å²) in [4.78, 5) is 21.3. The molecule has 0 radical (unpaired) electrons. The van der Waals surface area contributed by atoms with Gasteiger partial charge >= 0.3 is 0 Å². The number of halogens is 1. The lowest BCUT2D eigenvalue weighted by Gasteiger charge is -2.35. The number of primary amides is 1. The molecule has 1 saturated heterocycles. The molecule has 3 heterocycles. The number of hydrogen-bond acceptors (Lipinski definition) is 4. The number of anilines is 1. The number of nitrogens with zero attached hydrogens (tertiary/aromatic N) is 3. The molecule has 92 valence electrons. The smallest absolute Gasteiger partial charge is 0.250 e. The number of aromatic nitrogens is 2. The lowest BCUT2D eigenvalue weighted by Crippen LogP contribution is -2.48. The third-order valence-corrected chi connectivity index (χ3v) is 2.97. The second-order valence-electron chi connectivity index (χ2n) is 4.31. The van der Waals surface area contributed by atoms with Gasteiger partial charge in [-0.1, -0.05) is 0 Å². The molecule has 1 amide bonds. The van der Waals surface area contributed by atoms with Gasteiger partial charge in [-0.2, -0.15) is 0 Å². The zero-order chi connectivity index (χ0) is 12.7. The third-order valence-electron chi connectivity index (χ3n) is 2.97. The number of rotatable bonds is 2. The standard InChI is InChI=1S/C12H11FN4O/c13-9-5-17(6-9)10-2-1-7-3-8(11(14)18)4-15-12(7)16-10/h1-4,9H,5-6H2,(H2,14,18). The molecule has 0 aliphatic carbocycles. The zero-order valence-electron chi connectivity index (χ0n) is 9.51. The molecule has 2 aromatic heterocycles. The predicted molar refractivity (Wildman–Crippen MR) is 65.2 cm³/mol. The van der Waals surface area contributed by atoms with Crippen molar-refractivity contribution in [3.8, 4) is 0 Å². The quantitative estimate of drug-likeness (QED) is 0.854. The van der Waals surface area contributed by atoms with Crippen LogP contribution in [0.1, 0.15) is 10.4 Å². The second-order valence-corrected chi connectivity index (χ2v) is 4.31. The van der Waals surface area contributed by atoms with Crippen molar-refractivity contribution in [1.29, 1.82) is 0 Å². The Morgan fingerprint density at radius 2 is 2.22 bits per heavy atom. The molecular formula is C12H11FN4O. The molecule has 3 rings (SSSR count). The number of alkyl halides is 1. The molecule has 1 fully saturated rings. The Kier molecular flexibility index (Phi) is 2.36. The van der Waals surface area contributed by atoms with E-state index in [2.05, 4.69) is 9.97 Å². The Hall–Kier alpha value is -2.24. The fraction of sp³-hybridized carbons (Fsp3) is 0.250. The van der Waals surface area contributed by atoms with Crippen LogP contribution in [0, 0.1) is 0 Å². The number of hydrogen-bond donors (Lipinski definition) is 1. The molecule has 1 aliphatic heterocycles. The summed E-state index contributed by atoms with van der Waals surface area (Å²) in [5.74, 6) is 0.187. The maximum atomic E-state index is 12.8. The van der Waals surface area contributed by atoms with Gasteiger partial charge in [0, 0.05) is 11.6 Å². The molecule has 18 heavy (non-hydrogen) atoms. The number of carbonyl (C=O) groups excluding carboxylic acids is 1. The first-order valence-electron chi connectivity index (χ1n) is 5.59. The number of amides is 1. The molecular weight excluding hydrogens is 235 g/mol. The first-order valence-corrected chi connectivity index (χ1v) is 5.59. The highest BCUT2D eigenvalue weighted by Gasteiger charge is 2.27. The van der Waals surface area contributed by atoms with Gasteiger partial charge in [0.05, 0.1) is 18.7 Å². The minimum Gasteiger partial charge on any atom is -0.366 e. The van der Waals surface area contributed by atoms with E-state index >= 15 is 0 Å². The lowest BCUT2D eigenvalue weighted by atomic mass is 10.1. The highest BCUT2D eigenvalue weighted by atomic mass is 19.1. The topological polar surface area (TPSA) is 72.1 Å². The molecule has 5 nitrogen and oxygen atoms in total. The molecule has 0 atom stereocenters. The van der Waals surface area contributed by atoms with Crippen LogP contribution in [-0.4, -0.2) is 35.1 Å². The van der Waals surface area contributed by atoms with Crippen molar-refractivity contribution in [3.05, 3.63) is 30.0 Å². The van der Waals surface area contributed by atoms with Gasteiger partial charge in [0.25, 0.3) is 0 Å². The van der Waals surface area contributed by atoms with Crippen molar-refractivity contribution in [3.63, 3.8) is 0 Å². The highest BCUT2D eigenvalue weighted by molar-refractivity contribution is 5.95. The number of pyridine rings is 2. The lowest BCUT2D eigenvalue weighted by molar-refractivity contribution is 0.1000. The Morgan fingerprint density at radius 1 is 1.44 bits per heavy atom. The highest BCUT2D eigenvalue weighted by Crippen LogP contribution is 2.22. The van der Waals surface area contributed by atoms with Gasteiger partial charge < -0.3 is 10.6 Å². The van der Waals surface area contributed by atoms with E-state index in [0.717, 1.165) is 5.39 Å². The minimum atomic E-state index is -0.771. The Morgan fingerprint density at radius 3 is 2.89 bits per heavy atom. The molecule has 0 unspecified atom stereocenters. The second kappa shape index (κ2) is 3.90. The summed E-state index contributed by atoms with van der Waals surface area (Å²) in [7, 11) is 0. The van der Waals surface area contributed by atoms with E-state index in [-0.39, 0.29) is 0 Å². The van der Waals surface area contributed by atoms with Crippen LogP contribution in [0.25, 0.3) is 11.0 Å². The normalized spacial score (nSPS) is 15.7. The fourth-order valence-corrected chi connectivity index (χ4v) is 1.92. The van der Waals surface area contributed by atoms with Crippen LogP contribution in [0.3, 0.4) is 0 Å². The summed E-state index contributed by atoms with van der Waals surface area (Å²) in [5.41, 5.74) is 6.06. The van der Waals surface area contributed by atoms with Crippen molar-refractivity contribution in [2.45, 2.75) is 6.17 Å². The van der Waals surface area contributed by atoms with Gasteiger partial charge in [0.1, 0.15) is 12.0 Å². The van der Waals surface area contributed by atoms with Crippen molar-refractivity contribution in [2.24, 2.45) is 5.73 Å². The minimum absolute atomic E-state index is 0.352. The Bertz CT molecular complexity index is 625. The van der Waals surface area contributed by atoms with Crippen LogP contribution >= 0.6 is 0 Å². The number of carbonyl (C=O) groups is 1. The van der Waals surface area contributed by atoms with Crippen LogP contribution < -0.4 is 10.6 Å². The van der Waals surface area contributed by atoms with Gasteiger partial charge in [0.15, 0.2) is 5.65 Å². The van der Waals surface area contributed by atoms with Crippen LogP contribution in [0.15, 0.2) is 24.4 Å². The average molecular weight is 246 g/mol. The van der Waals surface area contributed by atoms with Crippen molar-refractivity contribution >= 4 is 22.8 Å². The molecule has 2 aromatic rings. The van der Waals surface area contributed by atoms with Gasteiger partial charge in [-0.05, 0) is 18.2 Å². The Balaban J connectivity index is 1.98. The molecule has 6 heteroatoms. The van der Waals surface area contributed by atoms with Gasteiger partial charge in [0.2, 0.25) is 5.91 Å². The molecule has 2 N–H and O–H groups in total.